The van der Waals surface area contributed by atoms with Gasteiger partial charge in [0.25, 0.3) is 5.56 Å². The molecule has 0 radical (unpaired) electrons. The first-order valence-electron chi connectivity index (χ1n) is 8.95. The largest absolute Gasteiger partial charge is 0.493 e. The van der Waals surface area contributed by atoms with Gasteiger partial charge in [0.2, 0.25) is 6.79 Å². The van der Waals surface area contributed by atoms with Crippen LogP contribution in [-0.2, 0) is 6.54 Å². The standard InChI is InChI=1S/C21H18N2O5/c1-25-17-9-14-15(10-18(17)26-2)22-20-13(5-6-23(20)21(14)24)7-12-3-4-16-19(8-12)28-11-27-16/h3-4,7-10H,5-6,11H2,1-2H3/b13-7+. The molecule has 3 aromatic rings. The van der Waals surface area contributed by atoms with E-state index in [1.165, 1.54) is 0 Å². The average molecular weight is 378 g/mol. The van der Waals surface area contributed by atoms with Gasteiger partial charge in [-0.15, -0.1) is 0 Å². The van der Waals surface area contributed by atoms with Crippen molar-refractivity contribution >= 4 is 22.6 Å². The number of hydrogen-bond acceptors (Lipinski definition) is 6. The molecule has 3 heterocycles. The van der Waals surface area contributed by atoms with E-state index in [2.05, 4.69) is 0 Å². The third-order valence-corrected chi connectivity index (χ3v) is 5.09. The fourth-order valence-corrected chi connectivity index (χ4v) is 3.69. The molecule has 5 rings (SSSR count). The number of hydrogen-bond donors (Lipinski definition) is 0. The second-order valence-electron chi connectivity index (χ2n) is 6.65. The van der Waals surface area contributed by atoms with E-state index in [9.17, 15) is 4.79 Å². The first kappa shape index (κ1) is 16.7. The first-order chi connectivity index (χ1) is 13.7. The minimum atomic E-state index is -0.0740. The number of rotatable bonds is 3. The number of methoxy groups -OCH3 is 2. The van der Waals surface area contributed by atoms with Crippen molar-refractivity contribution in [1.82, 2.24) is 9.55 Å². The summed E-state index contributed by atoms with van der Waals surface area (Å²) in [4.78, 5) is 17.8. The average Bonchev–Trinajstić information content (AvgIpc) is 3.34. The second kappa shape index (κ2) is 6.30. The fourth-order valence-electron chi connectivity index (χ4n) is 3.69. The SMILES string of the molecule is COc1cc2nc3n(c(=O)c2cc1OC)CC/C3=C\c1ccc2c(c1)OCO2. The second-order valence-corrected chi connectivity index (χ2v) is 6.65. The van der Waals surface area contributed by atoms with Crippen molar-refractivity contribution < 1.29 is 18.9 Å². The molecule has 142 valence electrons. The first-order valence-corrected chi connectivity index (χ1v) is 8.95. The molecule has 0 aliphatic carbocycles. The molecule has 0 atom stereocenters. The summed E-state index contributed by atoms with van der Waals surface area (Å²) in [6, 6.07) is 9.23. The molecular formula is C21H18N2O5. The predicted molar refractivity (Wildman–Crippen MR) is 104 cm³/mol. The van der Waals surface area contributed by atoms with E-state index in [1.807, 2.05) is 24.3 Å². The summed E-state index contributed by atoms with van der Waals surface area (Å²) in [5, 5.41) is 0.519. The topological polar surface area (TPSA) is 71.8 Å². The maximum atomic E-state index is 13.0. The van der Waals surface area contributed by atoms with Gasteiger partial charge < -0.3 is 18.9 Å². The number of ether oxygens (including phenoxy) is 4. The number of fused-ring (bicyclic) bond motifs is 3. The molecule has 0 unspecified atom stereocenters. The normalized spacial score (nSPS) is 15.9. The van der Waals surface area contributed by atoms with Gasteiger partial charge >= 0.3 is 0 Å². The van der Waals surface area contributed by atoms with Crippen LogP contribution in [0.1, 0.15) is 17.8 Å². The molecule has 0 fully saturated rings. The van der Waals surface area contributed by atoms with Gasteiger partial charge in [-0.25, -0.2) is 4.98 Å². The van der Waals surface area contributed by atoms with Gasteiger partial charge in [-0.2, -0.15) is 0 Å². The molecule has 2 aliphatic heterocycles. The Hall–Kier alpha value is -3.48. The van der Waals surface area contributed by atoms with Crippen molar-refractivity contribution in [3.8, 4) is 23.0 Å². The Morgan fingerprint density at radius 2 is 1.86 bits per heavy atom. The minimum Gasteiger partial charge on any atom is -0.493 e. The molecule has 0 saturated heterocycles. The quantitative estimate of drug-likeness (QED) is 0.698. The lowest BCUT2D eigenvalue weighted by Gasteiger charge is -2.10. The van der Waals surface area contributed by atoms with Crippen molar-refractivity contribution in [3.63, 3.8) is 0 Å². The maximum absolute atomic E-state index is 13.0. The minimum absolute atomic E-state index is 0.0740. The zero-order chi connectivity index (χ0) is 19.3. The van der Waals surface area contributed by atoms with Crippen LogP contribution in [0.4, 0.5) is 0 Å². The molecule has 1 aromatic heterocycles. The van der Waals surface area contributed by atoms with Crippen LogP contribution in [0.3, 0.4) is 0 Å². The van der Waals surface area contributed by atoms with Crippen molar-refractivity contribution in [2.75, 3.05) is 21.0 Å². The lowest BCUT2D eigenvalue weighted by molar-refractivity contribution is 0.174. The molecular weight excluding hydrogens is 360 g/mol. The summed E-state index contributed by atoms with van der Waals surface area (Å²) in [7, 11) is 3.11. The van der Waals surface area contributed by atoms with Crippen LogP contribution in [0.5, 0.6) is 23.0 Å². The number of aromatic nitrogens is 2. The number of allylic oxidation sites excluding steroid dienone is 1. The molecule has 0 saturated carbocycles. The third-order valence-electron chi connectivity index (χ3n) is 5.09. The van der Waals surface area contributed by atoms with E-state index < -0.39 is 0 Å². The number of nitrogens with zero attached hydrogens (tertiary/aromatic N) is 2. The highest BCUT2D eigenvalue weighted by molar-refractivity contribution is 5.86. The molecule has 0 amide bonds. The summed E-state index contributed by atoms with van der Waals surface area (Å²) in [5.74, 6) is 3.22. The maximum Gasteiger partial charge on any atom is 0.261 e. The van der Waals surface area contributed by atoms with Crippen LogP contribution in [0.15, 0.2) is 35.1 Å². The van der Waals surface area contributed by atoms with E-state index >= 15 is 0 Å². The van der Waals surface area contributed by atoms with Crippen molar-refractivity contribution in [1.29, 1.82) is 0 Å². The lowest BCUT2D eigenvalue weighted by Crippen LogP contribution is -2.20. The summed E-state index contributed by atoms with van der Waals surface area (Å²) in [6.07, 6.45) is 2.78. The summed E-state index contributed by atoms with van der Waals surface area (Å²) >= 11 is 0. The van der Waals surface area contributed by atoms with Crippen LogP contribution in [-0.4, -0.2) is 30.6 Å². The molecule has 2 aliphatic rings. The molecule has 2 aromatic carbocycles. The highest BCUT2D eigenvalue weighted by atomic mass is 16.7. The smallest absolute Gasteiger partial charge is 0.261 e. The van der Waals surface area contributed by atoms with E-state index in [0.29, 0.717) is 34.8 Å². The highest BCUT2D eigenvalue weighted by Crippen LogP contribution is 2.36. The van der Waals surface area contributed by atoms with E-state index in [-0.39, 0.29) is 12.4 Å². The summed E-state index contributed by atoms with van der Waals surface area (Å²) in [5.41, 5.74) is 2.50. The lowest BCUT2D eigenvalue weighted by atomic mass is 10.1. The Morgan fingerprint density at radius 1 is 1.07 bits per heavy atom. The van der Waals surface area contributed by atoms with Crippen LogP contribution in [0.2, 0.25) is 0 Å². The van der Waals surface area contributed by atoms with Gasteiger partial charge in [0.15, 0.2) is 23.0 Å². The van der Waals surface area contributed by atoms with Crippen molar-refractivity contribution in [2.24, 2.45) is 0 Å². The predicted octanol–water partition coefficient (Wildman–Crippen LogP) is 3.09. The Labute approximate surface area is 160 Å². The van der Waals surface area contributed by atoms with Crippen molar-refractivity contribution in [3.05, 3.63) is 52.1 Å². The van der Waals surface area contributed by atoms with E-state index in [4.69, 9.17) is 23.9 Å². The monoisotopic (exact) mass is 378 g/mol. The molecule has 0 bridgehead atoms. The Bertz CT molecular complexity index is 1200. The molecule has 0 spiro atoms. The molecule has 28 heavy (non-hydrogen) atoms. The third kappa shape index (κ3) is 2.51. The number of benzene rings is 2. The van der Waals surface area contributed by atoms with Crippen LogP contribution in [0, 0.1) is 0 Å². The van der Waals surface area contributed by atoms with E-state index in [1.54, 1.807) is 30.9 Å². The Balaban J connectivity index is 1.64. The van der Waals surface area contributed by atoms with Crippen molar-refractivity contribution in [2.45, 2.75) is 13.0 Å². The van der Waals surface area contributed by atoms with E-state index in [0.717, 1.165) is 29.1 Å². The Morgan fingerprint density at radius 3 is 2.68 bits per heavy atom. The molecule has 7 heteroatoms. The Kier molecular flexibility index (Phi) is 3.75. The summed E-state index contributed by atoms with van der Waals surface area (Å²) in [6.45, 7) is 0.842. The van der Waals surface area contributed by atoms with Gasteiger partial charge in [-0.3, -0.25) is 9.36 Å². The molecule has 0 N–H and O–H groups in total. The van der Waals surface area contributed by atoms with Crippen LogP contribution in [0.25, 0.3) is 22.6 Å². The summed E-state index contributed by atoms with van der Waals surface area (Å²) < 4.78 is 23.2. The fraction of sp³-hybridized carbons (Fsp3) is 0.238. The van der Waals surface area contributed by atoms with Gasteiger partial charge in [-0.05, 0) is 41.8 Å². The van der Waals surface area contributed by atoms with Crippen LogP contribution >= 0.6 is 0 Å². The zero-order valence-electron chi connectivity index (χ0n) is 15.5. The van der Waals surface area contributed by atoms with Gasteiger partial charge in [0.1, 0.15) is 5.82 Å². The highest BCUT2D eigenvalue weighted by Gasteiger charge is 2.22. The zero-order valence-corrected chi connectivity index (χ0v) is 15.5. The van der Waals surface area contributed by atoms with Gasteiger partial charge in [-0.1, -0.05) is 6.07 Å². The van der Waals surface area contributed by atoms with Crippen LogP contribution < -0.4 is 24.5 Å². The van der Waals surface area contributed by atoms with Gasteiger partial charge in [0.05, 0.1) is 25.1 Å². The molecule has 7 nitrogen and oxygen atoms in total. The van der Waals surface area contributed by atoms with Gasteiger partial charge in [0, 0.05) is 12.6 Å².